The van der Waals surface area contributed by atoms with Crippen molar-refractivity contribution in [2.75, 3.05) is 16.0 Å². The molecule has 0 radical (unpaired) electrons. The number of nitrogens with zero attached hydrogens (tertiary/aromatic N) is 5. The maximum absolute atomic E-state index is 13.7. The van der Waals surface area contributed by atoms with Crippen LogP contribution in [0.1, 0.15) is 226 Å². The zero-order valence-corrected chi connectivity index (χ0v) is 61.0. The highest BCUT2D eigenvalue weighted by Crippen LogP contribution is 2.35. The zero-order valence-electron chi connectivity index (χ0n) is 61.0. The van der Waals surface area contributed by atoms with Crippen molar-refractivity contribution >= 4 is 81.5 Å². The summed E-state index contributed by atoms with van der Waals surface area (Å²) in [6, 6.07) is 10.5. The van der Waals surface area contributed by atoms with Crippen molar-refractivity contribution in [3.8, 4) is 0 Å². The van der Waals surface area contributed by atoms with Crippen LogP contribution in [0.25, 0.3) is 0 Å². The normalized spacial score (nSPS) is 14.1. The fourth-order valence-corrected chi connectivity index (χ4v) is 13.6. The van der Waals surface area contributed by atoms with Crippen molar-refractivity contribution in [2.24, 2.45) is 22.5 Å². The highest BCUT2D eigenvalue weighted by atomic mass is 19.1. The van der Waals surface area contributed by atoms with Gasteiger partial charge in [-0.05, 0) is 211 Å². The highest BCUT2D eigenvalue weighted by Gasteiger charge is 2.40. The largest absolute Gasteiger partial charge is 0.368 e. The number of nitrogens with two attached hydrogens (primary N) is 1. The van der Waals surface area contributed by atoms with Gasteiger partial charge in [-0.1, -0.05) is 55.4 Å². The smallest absolute Gasteiger partial charge is 0.294 e. The van der Waals surface area contributed by atoms with E-state index >= 15 is 0 Å². The predicted octanol–water partition coefficient (Wildman–Crippen LogP) is 10.8. The van der Waals surface area contributed by atoms with Crippen LogP contribution in [-0.2, 0) is 62.9 Å². The molecule has 3 atom stereocenters. The number of nitrogens with one attached hydrogen (secondary N) is 7. The van der Waals surface area contributed by atoms with Crippen LogP contribution >= 0.6 is 0 Å². The molecule has 0 saturated heterocycles. The Hall–Kier alpha value is -10.6. The number of halogens is 3. The van der Waals surface area contributed by atoms with Crippen LogP contribution in [0.5, 0.6) is 0 Å². The van der Waals surface area contributed by atoms with Gasteiger partial charge in [-0.2, -0.15) is 5.10 Å². The molecular formula is C76H92F3N13O11. The van der Waals surface area contributed by atoms with Gasteiger partial charge in [0.1, 0.15) is 35.6 Å². The number of amides is 7. The Bertz CT molecular complexity index is 4530. The molecule has 3 aliphatic rings. The third-order valence-electron chi connectivity index (χ3n) is 18.8. The number of carbonyl (C=O) groups is 11. The first-order chi connectivity index (χ1) is 48.3. The van der Waals surface area contributed by atoms with E-state index < -0.39 is 87.7 Å². The third-order valence-corrected chi connectivity index (χ3v) is 18.8. The van der Waals surface area contributed by atoms with Crippen molar-refractivity contribution in [1.82, 2.24) is 44.8 Å². The van der Waals surface area contributed by atoms with Crippen molar-refractivity contribution < 1.29 is 65.9 Å². The second kappa shape index (κ2) is 32.2. The number of aromatic nitrogens is 6. The van der Waals surface area contributed by atoms with Gasteiger partial charge >= 0.3 is 0 Å². The lowest BCUT2D eigenvalue weighted by Crippen LogP contribution is -2.50. The first-order valence-electron chi connectivity index (χ1n) is 34.4. The quantitative estimate of drug-likeness (QED) is 0.0276. The van der Waals surface area contributed by atoms with E-state index in [9.17, 15) is 65.9 Å². The molecule has 0 bridgehead atoms. The number of hydrogen-bond acceptors (Lipinski definition) is 13. The number of rotatable bonds is 19. The second-order valence-electron chi connectivity index (χ2n) is 29.1. The number of primary amides is 1. The van der Waals surface area contributed by atoms with Crippen LogP contribution in [0.4, 0.5) is 30.2 Å². The summed E-state index contributed by atoms with van der Waals surface area (Å²) in [5, 5.41) is 22.8. The summed E-state index contributed by atoms with van der Waals surface area (Å²) in [5.41, 5.74) is 11.9. The van der Waals surface area contributed by atoms with Gasteiger partial charge in [0.2, 0.25) is 5.91 Å². The number of H-pyrrole nitrogens is 1. The summed E-state index contributed by atoms with van der Waals surface area (Å²) >= 11 is 0. The molecule has 10 rings (SSSR count). The molecule has 0 aliphatic carbocycles. The number of Topliss-reactive ketones (excluding diaryl/α,β-unsaturated/α-hetero) is 4. The Balaban J connectivity index is 0.000000196. The van der Waals surface area contributed by atoms with E-state index in [1.165, 1.54) is 55.7 Å². The number of hydrogen-bond donors (Lipinski definition) is 8. The van der Waals surface area contributed by atoms with E-state index in [-0.39, 0.29) is 46.2 Å². The minimum atomic E-state index is -0.984. The Morgan fingerprint density at radius 3 is 1.12 bits per heavy atom. The molecule has 7 aromatic rings. The Kier molecular flexibility index (Phi) is 24.4. The fraction of sp³-hybridized carbons (Fsp3) is 0.434. The van der Waals surface area contributed by atoms with E-state index in [2.05, 4.69) is 47.1 Å². The minimum absolute atomic E-state index is 0.134. The molecule has 0 unspecified atom stereocenters. The molecule has 24 nitrogen and oxygen atoms in total. The Morgan fingerprint density at radius 2 is 0.835 bits per heavy atom. The molecule has 548 valence electrons. The summed E-state index contributed by atoms with van der Waals surface area (Å²) in [6.07, 6.45) is 8.17. The van der Waals surface area contributed by atoms with Crippen LogP contribution in [0.2, 0.25) is 0 Å². The average Bonchev–Trinajstić information content (AvgIpc) is 1.62. The van der Waals surface area contributed by atoms with Gasteiger partial charge in [-0.3, -0.25) is 57.8 Å². The van der Waals surface area contributed by atoms with Crippen LogP contribution in [0.3, 0.4) is 0 Å². The Morgan fingerprint density at radius 1 is 0.495 bits per heavy atom. The van der Waals surface area contributed by atoms with Crippen LogP contribution < -0.4 is 37.6 Å². The molecule has 7 heterocycles. The molecule has 4 aromatic heterocycles. The standard InChI is InChI=1S/C26H31FN6O3.C26H32FN3O4.C24H29FN4O4/c1-14-12-16(9-10-17(14)27)30-24(35)19-15(2)20(33-11-7-6-8-18(19)33)21(34)25(36)31-22(26(3,4)5)23-28-13-29-32-23;1-14-13-17(10-11-18(14)27)28-24(33)20-15(2)21(30-12-8-7-9-19(20)30)22(32)25(34)29-23(16(3)31)26(4,5)6;1-12(2)19(22(26)31)28-24(33)21(30)20-14(4)18(17-7-5-6-10-29(17)20)23(32)27-15-8-9-16(25)13(3)11-15/h9-10,12-13,22H,6-8,11H2,1-5H3,(H,30,35)(H,31,36)(H,28,29,32);10-11,13,23H,7-9,12H2,1-6H3,(H,28,33)(H,29,34);8-9,11-12,19H,5-7,10H2,1-4H3,(H2,26,31)(H,27,32)(H,28,33)/t22-;23-;19-/m000/s1. The van der Waals surface area contributed by atoms with Crippen molar-refractivity contribution in [2.45, 2.75) is 199 Å². The molecule has 7 amide bonds. The number of carbonyl (C=O) groups excluding carboxylic acids is 11. The van der Waals surface area contributed by atoms with Crippen molar-refractivity contribution in [3.63, 3.8) is 0 Å². The first kappa shape index (κ1) is 78.1. The van der Waals surface area contributed by atoms with Gasteiger partial charge in [-0.15, -0.1) is 0 Å². The number of anilines is 3. The lowest BCUT2D eigenvalue weighted by Gasteiger charge is -2.29. The summed E-state index contributed by atoms with van der Waals surface area (Å²) < 4.78 is 46.1. The molecule has 9 N–H and O–H groups in total. The summed E-state index contributed by atoms with van der Waals surface area (Å²) in [6.45, 7) is 27.4. The van der Waals surface area contributed by atoms with Gasteiger partial charge in [-0.25, -0.2) is 18.2 Å². The van der Waals surface area contributed by atoms with Crippen molar-refractivity contribution in [1.29, 1.82) is 0 Å². The molecule has 0 saturated carbocycles. The molecular weight excluding hydrogens is 1330 g/mol. The predicted molar refractivity (Wildman–Crippen MR) is 381 cm³/mol. The number of benzene rings is 3. The molecule has 3 aromatic carbocycles. The van der Waals surface area contributed by atoms with Gasteiger partial charge in [0.05, 0.1) is 45.9 Å². The van der Waals surface area contributed by atoms with Gasteiger partial charge < -0.3 is 51.3 Å². The van der Waals surface area contributed by atoms with Crippen molar-refractivity contribution in [3.05, 3.63) is 168 Å². The molecule has 0 fully saturated rings. The first-order valence-corrected chi connectivity index (χ1v) is 34.4. The molecule has 3 aliphatic heterocycles. The number of ketones is 4. The van der Waals surface area contributed by atoms with E-state index in [1.54, 1.807) is 81.2 Å². The summed E-state index contributed by atoms with van der Waals surface area (Å²) in [4.78, 5) is 146. The highest BCUT2D eigenvalue weighted by molar-refractivity contribution is 6.44. The van der Waals surface area contributed by atoms with Gasteiger partial charge in [0.25, 0.3) is 52.8 Å². The third kappa shape index (κ3) is 17.5. The molecule has 27 heteroatoms. The topological polar surface area (TPSA) is 342 Å². The number of aryl methyl sites for hydroxylation is 3. The number of aromatic amines is 1. The monoisotopic (exact) mass is 1420 g/mol. The SMILES string of the molecule is CC(=O)[C@H](NC(=O)C(=O)c1c(C)c(C(=O)Nc2ccc(F)c(C)c2)c2n1CCCC2)C(C)(C)C.Cc1cc(NC(=O)c2c(C)c(C(=O)C(=O)N[C@@H](c3ncn[nH]3)C(C)(C)C)n3c2CCCC3)ccc1F.Cc1cc(NC(=O)c2c(C)c(C(=O)C(=O)N[C@H](C(N)=O)C(C)C)n3c2CCCC3)ccc1F. The maximum atomic E-state index is 13.7. The summed E-state index contributed by atoms with van der Waals surface area (Å²) in [5.74, 6) is -8.02. The Labute approximate surface area is 596 Å². The molecule has 0 spiro atoms. The lowest BCUT2D eigenvalue weighted by molar-refractivity contribution is -0.126. The van der Waals surface area contributed by atoms with Gasteiger partial charge in [0.15, 0.2) is 5.78 Å². The van der Waals surface area contributed by atoms with Crippen LogP contribution in [0.15, 0.2) is 60.9 Å². The zero-order chi connectivity index (χ0) is 76.0. The van der Waals surface area contributed by atoms with Crippen LogP contribution in [0, 0.1) is 75.7 Å². The number of fused-ring (bicyclic) bond motifs is 3. The maximum Gasteiger partial charge on any atom is 0.294 e. The van der Waals surface area contributed by atoms with E-state index in [0.29, 0.717) is 123 Å². The fourth-order valence-electron chi connectivity index (χ4n) is 13.6. The van der Waals surface area contributed by atoms with Crippen LogP contribution in [-0.4, -0.2) is 105 Å². The molecule has 103 heavy (non-hydrogen) atoms. The average molecular weight is 1420 g/mol. The van der Waals surface area contributed by atoms with E-state index in [1.807, 2.05) is 41.5 Å². The second-order valence-corrected chi connectivity index (χ2v) is 29.1. The van der Waals surface area contributed by atoms with Gasteiger partial charge in [0, 0.05) is 53.8 Å². The minimum Gasteiger partial charge on any atom is -0.368 e. The van der Waals surface area contributed by atoms with E-state index in [0.717, 1.165) is 44.2 Å². The summed E-state index contributed by atoms with van der Waals surface area (Å²) in [7, 11) is 0. The van der Waals surface area contributed by atoms with E-state index in [4.69, 9.17) is 5.73 Å². The lowest BCUT2D eigenvalue weighted by atomic mass is 9.84.